The molecule has 0 radical (unpaired) electrons. The lowest BCUT2D eigenvalue weighted by atomic mass is 10.1. The fourth-order valence-electron chi connectivity index (χ4n) is 1.55. The fraction of sp³-hybridized carbons (Fsp3) is 0.462. The normalized spacial score (nSPS) is 12.2. The van der Waals surface area contributed by atoms with Crippen molar-refractivity contribution >= 4 is 33.4 Å². The molecule has 0 aliphatic heterocycles. The Morgan fingerprint density at radius 1 is 1.53 bits per heavy atom. The Labute approximate surface area is 116 Å². The molecular weight excluding hydrogens is 302 g/mol. The van der Waals surface area contributed by atoms with Crippen molar-refractivity contribution in [2.45, 2.75) is 32.7 Å². The average molecular weight is 319 g/mol. The first-order chi connectivity index (χ1) is 8.04. The largest absolute Gasteiger partial charge is 0.350 e. The maximum absolute atomic E-state index is 11.9. The second kappa shape index (κ2) is 7.02. The van der Waals surface area contributed by atoms with Gasteiger partial charge in [0, 0.05) is 22.0 Å². The molecule has 1 rings (SSSR count). The molecule has 1 unspecified atom stereocenters. The van der Waals surface area contributed by atoms with E-state index in [1.807, 2.05) is 19.9 Å². The molecule has 0 heterocycles. The highest BCUT2D eigenvalue weighted by Gasteiger charge is 2.10. The number of carbonyl (C=O) groups excluding carboxylic acids is 1. The molecule has 1 aromatic carbocycles. The molecule has 0 aromatic heterocycles. The Bertz CT molecular complexity index is 395. The summed E-state index contributed by atoms with van der Waals surface area (Å²) in [5.41, 5.74) is 1.59. The zero-order valence-corrected chi connectivity index (χ0v) is 12.4. The highest BCUT2D eigenvalue weighted by atomic mass is 79.9. The summed E-state index contributed by atoms with van der Waals surface area (Å²) >= 11 is 9.30. The van der Waals surface area contributed by atoms with Gasteiger partial charge in [0.05, 0.1) is 0 Å². The monoisotopic (exact) mass is 317 g/mol. The summed E-state index contributed by atoms with van der Waals surface area (Å²) in [6.07, 6.45) is 2.03. The molecule has 0 saturated carbocycles. The molecule has 1 atom stereocenters. The van der Waals surface area contributed by atoms with Crippen molar-refractivity contribution in [2.75, 3.05) is 5.33 Å². The summed E-state index contributed by atoms with van der Waals surface area (Å²) in [4.78, 5) is 11.9. The van der Waals surface area contributed by atoms with Gasteiger partial charge in [-0.2, -0.15) is 0 Å². The number of hydrogen-bond acceptors (Lipinski definition) is 1. The third-order valence-electron chi connectivity index (χ3n) is 2.57. The minimum absolute atomic E-state index is 0.0353. The lowest BCUT2D eigenvalue weighted by Crippen LogP contribution is -2.32. The Kier molecular flexibility index (Phi) is 6.00. The molecule has 0 spiro atoms. The first kappa shape index (κ1) is 14.5. The van der Waals surface area contributed by atoms with Crippen LogP contribution < -0.4 is 5.32 Å². The average Bonchev–Trinajstić information content (AvgIpc) is 2.30. The van der Waals surface area contributed by atoms with E-state index in [2.05, 4.69) is 21.2 Å². The number of hydrogen-bond donors (Lipinski definition) is 1. The number of rotatable bonds is 5. The van der Waals surface area contributed by atoms with Crippen LogP contribution in [0.4, 0.5) is 0 Å². The molecule has 2 nitrogen and oxygen atoms in total. The van der Waals surface area contributed by atoms with Crippen LogP contribution in [0.1, 0.15) is 35.7 Å². The third-order valence-corrected chi connectivity index (χ3v) is 3.55. The molecule has 94 valence electrons. The van der Waals surface area contributed by atoms with Crippen LogP contribution in [-0.4, -0.2) is 17.3 Å². The molecule has 0 fully saturated rings. The SMILES string of the molecule is Cc1cc(C(=O)NC(C)CCCBr)ccc1Cl. The van der Waals surface area contributed by atoms with Crippen LogP contribution >= 0.6 is 27.5 Å². The van der Waals surface area contributed by atoms with Gasteiger partial charge in [-0.3, -0.25) is 4.79 Å². The molecule has 0 saturated heterocycles. The van der Waals surface area contributed by atoms with Crippen LogP contribution in [0.25, 0.3) is 0 Å². The van der Waals surface area contributed by atoms with Gasteiger partial charge in [0.1, 0.15) is 0 Å². The van der Waals surface area contributed by atoms with Gasteiger partial charge in [-0.05, 0) is 50.5 Å². The van der Waals surface area contributed by atoms with Gasteiger partial charge < -0.3 is 5.32 Å². The van der Waals surface area contributed by atoms with Crippen molar-refractivity contribution in [3.8, 4) is 0 Å². The number of amides is 1. The summed E-state index contributed by atoms with van der Waals surface area (Å²) in [5, 5.41) is 4.63. The quantitative estimate of drug-likeness (QED) is 0.819. The maximum atomic E-state index is 11.9. The van der Waals surface area contributed by atoms with Gasteiger partial charge >= 0.3 is 0 Å². The standard InChI is InChI=1S/C13H17BrClNO/c1-9-8-11(5-6-12(9)15)13(17)16-10(2)4-3-7-14/h5-6,8,10H,3-4,7H2,1-2H3,(H,16,17). The lowest BCUT2D eigenvalue weighted by Gasteiger charge is -2.13. The van der Waals surface area contributed by atoms with Gasteiger partial charge in [0.15, 0.2) is 0 Å². The van der Waals surface area contributed by atoms with Crippen molar-refractivity contribution in [1.82, 2.24) is 5.32 Å². The van der Waals surface area contributed by atoms with Crippen molar-refractivity contribution < 1.29 is 4.79 Å². The molecule has 17 heavy (non-hydrogen) atoms. The zero-order valence-electron chi connectivity index (χ0n) is 10.1. The molecule has 0 aliphatic carbocycles. The minimum Gasteiger partial charge on any atom is -0.350 e. The fourth-order valence-corrected chi connectivity index (χ4v) is 1.99. The Morgan fingerprint density at radius 3 is 2.82 bits per heavy atom. The van der Waals surface area contributed by atoms with Crippen molar-refractivity contribution in [1.29, 1.82) is 0 Å². The van der Waals surface area contributed by atoms with Crippen LogP contribution in [-0.2, 0) is 0 Å². The van der Waals surface area contributed by atoms with E-state index in [4.69, 9.17) is 11.6 Å². The van der Waals surface area contributed by atoms with Crippen LogP contribution in [0, 0.1) is 6.92 Å². The summed E-state index contributed by atoms with van der Waals surface area (Å²) in [6.45, 7) is 3.91. The highest BCUT2D eigenvalue weighted by molar-refractivity contribution is 9.09. The van der Waals surface area contributed by atoms with E-state index in [0.717, 1.165) is 23.7 Å². The van der Waals surface area contributed by atoms with Gasteiger partial charge in [-0.1, -0.05) is 27.5 Å². The highest BCUT2D eigenvalue weighted by Crippen LogP contribution is 2.16. The minimum atomic E-state index is -0.0353. The van der Waals surface area contributed by atoms with Gasteiger partial charge in [-0.15, -0.1) is 0 Å². The lowest BCUT2D eigenvalue weighted by molar-refractivity contribution is 0.0938. The number of benzene rings is 1. The second-order valence-electron chi connectivity index (χ2n) is 4.17. The number of nitrogens with one attached hydrogen (secondary N) is 1. The van der Waals surface area contributed by atoms with Crippen molar-refractivity contribution in [3.63, 3.8) is 0 Å². The van der Waals surface area contributed by atoms with Crippen molar-refractivity contribution in [3.05, 3.63) is 34.3 Å². The van der Waals surface area contributed by atoms with Gasteiger partial charge in [-0.25, -0.2) is 0 Å². The first-order valence-corrected chi connectivity index (χ1v) is 7.17. The van der Waals surface area contributed by atoms with Gasteiger partial charge in [0.2, 0.25) is 0 Å². The van der Waals surface area contributed by atoms with E-state index >= 15 is 0 Å². The summed E-state index contributed by atoms with van der Waals surface area (Å²) in [5.74, 6) is -0.0353. The predicted octanol–water partition coefficient (Wildman–Crippen LogP) is 3.94. The number of carbonyl (C=O) groups is 1. The third kappa shape index (κ3) is 4.68. The van der Waals surface area contributed by atoms with Crippen LogP contribution in [0.2, 0.25) is 5.02 Å². The Balaban J connectivity index is 2.60. The molecule has 1 amide bonds. The molecule has 0 aliphatic rings. The molecular formula is C13H17BrClNO. The Morgan fingerprint density at radius 2 is 2.24 bits per heavy atom. The summed E-state index contributed by atoms with van der Waals surface area (Å²) in [7, 11) is 0. The first-order valence-electron chi connectivity index (χ1n) is 5.67. The van der Waals surface area contributed by atoms with E-state index in [1.54, 1.807) is 12.1 Å². The molecule has 1 N–H and O–H groups in total. The van der Waals surface area contributed by atoms with E-state index < -0.39 is 0 Å². The topological polar surface area (TPSA) is 29.1 Å². The van der Waals surface area contributed by atoms with E-state index in [0.29, 0.717) is 10.6 Å². The zero-order chi connectivity index (χ0) is 12.8. The molecule has 4 heteroatoms. The molecule has 0 bridgehead atoms. The van der Waals surface area contributed by atoms with E-state index in [1.165, 1.54) is 0 Å². The van der Waals surface area contributed by atoms with E-state index in [-0.39, 0.29) is 11.9 Å². The van der Waals surface area contributed by atoms with Crippen LogP contribution in [0.3, 0.4) is 0 Å². The Hall–Kier alpha value is -0.540. The van der Waals surface area contributed by atoms with Crippen molar-refractivity contribution in [2.24, 2.45) is 0 Å². The number of alkyl halides is 1. The van der Waals surface area contributed by atoms with Crippen LogP contribution in [0.15, 0.2) is 18.2 Å². The summed E-state index contributed by atoms with van der Waals surface area (Å²) < 4.78 is 0. The number of halogens is 2. The number of aryl methyl sites for hydroxylation is 1. The smallest absolute Gasteiger partial charge is 0.251 e. The van der Waals surface area contributed by atoms with E-state index in [9.17, 15) is 4.79 Å². The summed E-state index contributed by atoms with van der Waals surface area (Å²) in [6, 6.07) is 5.52. The second-order valence-corrected chi connectivity index (χ2v) is 5.37. The van der Waals surface area contributed by atoms with Crippen LogP contribution in [0.5, 0.6) is 0 Å². The van der Waals surface area contributed by atoms with Gasteiger partial charge in [0.25, 0.3) is 5.91 Å². The predicted molar refractivity (Wildman–Crippen MR) is 76.1 cm³/mol. The molecule has 1 aromatic rings. The maximum Gasteiger partial charge on any atom is 0.251 e.